The molecule has 4 rings (SSSR count). The van der Waals surface area contributed by atoms with Crippen molar-refractivity contribution < 1.29 is 95.2 Å². The molecule has 4 aromatic carbocycles. The molecule has 0 atom stereocenters. The molecule has 61 heavy (non-hydrogen) atoms. The van der Waals surface area contributed by atoms with Crippen LogP contribution in [0, 0.1) is 0 Å². The van der Waals surface area contributed by atoms with Gasteiger partial charge in [-0.15, -0.1) is 15.3 Å². The van der Waals surface area contributed by atoms with Gasteiger partial charge in [-0.25, -0.2) is 25.2 Å². The summed E-state index contributed by atoms with van der Waals surface area (Å²) < 4.78 is 222. The average Bonchev–Trinajstić information content (AvgIpc) is 3.08. The number of benzene rings is 4. The number of nitrogen functional groups attached to an aromatic ring is 1. The van der Waals surface area contributed by atoms with Crippen LogP contribution in [0.1, 0.15) is 0 Å². The van der Waals surface area contributed by atoms with Crippen molar-refractivity contribution in [1.82, 2.24) is 0 Å². The summed E-state index contributed by atoms with van der Waals surface area (Å²) in [6.45, 7) is -2.08. The smallest absolute Gasteiger partial charge is 0.397 e. The van der Waals surface area contributed by atoms with E-state index in [1.165, 1.54) is 0 Å². The number of sulfone groups is 2. The molecule has 0 aliphatic rings. The van der Waals surface area contributed by atoms with E-state index < -0.39 is 159 Å². The quantitative estimate of drug-likeness (QED) is 0.0341. The molecule has 0 fully saturated rings. The summed E-state index contributed by atoms with van der Waals surface area (Å²) >= 11 is 0. The Morgan fingerprint density at radius 1 is 0.525 bits per heavy atom. The molecule has 0 spiro atoms. The molecule has 8 N–H and O–H groups in total. The maximum Gasteiger partial charge on any atom is 0.397 e. The number of aromatic hydroxyl groups is 1. The van der Waals surface area contributed by atoms with Crippen LogP contribution in [0.4, 0.5) is 28.4 Å². The Bertz CT molecular complexity index is 3270. The van der Waals surface area contributed by atoms with Crippen molar-refractivity contribution in [1.29, 1.82) is 0 Å². The fraction of sp³-hybridized carbons (Fsp3) is 0.154. The summed E-state index contributed by atoms with van der Waals surface area (Å²) in [5.74, 6) is -3.39. The molecule has 0 aromatic heterocycles. The van der Waals surface area contributed by atoms with E-state index in [0.717, 1.165) is 24.3 Å². The number of anilines is 1. The van der Waals surface area contributed by atoms with Gasteiger partial charge in [0, 0.05) is 29.6 Å². The molecular weight excluding hydrogens is 982 g/mol. The van der Waals surface area contributed by atoms with Crippen molar-refractivity contribution in [3.05, 3.63) is 54.6 Å². The molecule has 35 heteroatoms. The SMILES string of the molecule is Nc1c(N=Nc2ccc(S(=O)(=O)CCOS(=O)(=O)O)cc2)c(S(=O)(=O)O)cc2cc(S(=O)(=O)O)c(N=Nc3ccc(S(=O)(=O)CCOS(=O)(=O)O)cc3S(=O)(=O)O)c(O)c12.[Na]. The van der Waals surface area contributed by atoms with E-state index in [1.807, 2.05) is 0 Å². The van der Waals surface area contributed by atoms with Crippen molar-refractivity contribution in [2.75, 3.05) is 30.5 Å². The van der Waals surface area contributed by atoms with Crippen molar-refractivity contribution in [3.63, 3.8) is 0 Å². The maximum absolute atomic E-state index is 12.6. The zero-order chi connectivity index (χ0) is 45.4. The fourth-order valence-corrected chi connectivity index (χ4v) is 9.80. The summed E-state index contributed by atoms with van der Waals surface area (Å²) in [5.41, 5.74) is 1.90. The molecular formula is C26H25N5NaO22S7. The molecule has 27 nitrogen and oxygen atoms in total. The first kappa shape index (κ1) is 51.7. The average molecular weight is 1010 g/mol. The molecule has 0 saturated heterocycles. The predicted octanol–water partition coefficient (Wildman–Crippen LogP) is 1.50. The standard InChI is InChI=1S/C26H25N5O22S7.Na/c27-23-22-14(11-20(57(40,41)42)24(23)30-28-15-1-3-16(4-2-15)54(33,34)9-7-52-59(46,47)48)12-21(58(43,44)45)25(26(22)32)31-29-18-6-5-17(13-19(18)56(37,38)39)55(35,36)10-8-53-60(49,50)51;/h1-6,11-13,32H,7-10,27H2,(H,37,38,39)(H,40,41,42)(H,43,44,45)(H,46,47,48)(H,49,50,51);. The van der Waals surface area contributed by atoms with E-state index >= 15 is 0 Å². The molecule has 0 aliphatic heterocycles. The molecule has 0 heterocycles. The third kappa shape index (κ3) is 13.4. The predicted molar refractivity (Wildman–Crippen MR) is 206 cm³/mol. The number of nitrogens with zero attached hydrogens (tertiary/aromatic N) is 4. The fourth-order valence-electron chi connectivity index (χ4n) is 4.75. The number of nitrogens with two attached hydrogens (primary N) is 1. The first-order valence-corrected chi connectivity index (χ1v) is 25.4. The number of phenols is 1. The second kappa shape index (κ2) is 18.6. The third-order valence-electron chi connectivity index (χ3n) is 7.33. The second-order valence-electron chi connectivity index (χ2n) is 11.4. The first-order chi connectivity index (χ1) is 27.2. The molecule has 0 bridgehead atoms. The Morgan fingerprint density at radius 2 is 0.951 bits per heavy atom. The van der Waals surface area contributed by atoms with Crippen LogP contribution in [-0.4, -0.2) is 141 Å². The van der Waals surface area contributed by atoms with Gasteiger partial charge < -0.3 is 10.8 Å². The van der Waals surface area contributed by atoms with Gasteiger partial charge in [0.05, 0.1) is 51.3 Å². The summed E-state index contributed by atoms with van der Waals surface area (Å²) in [5, 5.41) is 24.2. The summed E-state index contributed by atoms with van der Waals surface area (Å²) in [6.07, 6.45) is 0. The van der Waals surface area contributed by atoms with E-state index in [-0.39, 0.29) is 35.2 Å². The van der Waals surface area contributed by atoms with Gasteiger partial charge in [0.1, 0.15) is 31.7 Å². The van der Waals surface area contributed by atoms with E-state index in [4.69, 9.17) is 14.8 Å². The maximum atomic E-state index is 12.6. The van der Waals surface area contributed by atoms with Crippen LogP contribution in [0.2, 0.25) is 0 Å². The van der Waals surface area contributed by atoms with E-state index in [1.54, 1.807) is 0 Å². The van der Waals surface area contributed by atoms with Crippen molar-refractivity contribution >= 4 is 140 Å². The molecule has 0 saturated carbocycles. The van der Waals surface area contributed by atoms with E-state index in [0.29, 0.717) is 30.3 Å². The van der Waals surface area contributed by atoms with Crippen LogP contribution >= 0.6 is 0 Å². The molecule has 0 unspecified atom stereocenters. The van der Waals surface area contributed by atoms with Crippen molar-refractivity contribution in [2.24, 2.45) is 20.5 Å². The van der Waals surface area contributed by atoms with Crippen LogP contribution in [0.3, 0.4) is 0 Å². The Balaban J connectivity index is 0.00000992. The van der Waals surface area contributed by atoms with Gasteiger partial charge >= 0.3 is 20.8 Å². The Kier molecular flexibility index (Phi) is 15.7. The number of phenolic OH excluding ortho intramolecular Hbond substituents is 1. The zero-order valence-corrected chi connectivity index (χ0v) is 37.7. The Hall–Kier alpha value is -3.69. The Morgan fingerprint density at radius 3 is 1.41 bits per heavy atom. The summed E-state index contributed by atoms with van der Waals surface area (Å²) in [4.78, 5) is -5.11. The molecule has 4 aromatic rings. The summed E-state index contributed by atoms with van der Waals surface area (Å²) in [7, 11) is -35.1. The number of rotatable bonds is 17. The Labute approximate surface area is 367 Å². The molecule has 0 aliphatic carbocycles. The van der Waals surface area contributed by atoms with Gasteiger partial charge in [0.2, 0.25) is 0 Å². The van der Waals surface area contributed by atoms with Crippen LogP contribution in [0.25, 0.3) is 10.8 Å². The first-order valence-electron chi connectivity index (χ1n) is 15.0. The number of fused-ring (bicyclic) bond motifs is 1. The normalized spacial score (nSPS) is 13.5. The topological polar surface area (TPSA) is 454 Å². The number of hydrogen-bond donors (Lipinski definition) is 7. The zero-order valence-electron chi connectivity index (χ0n) is 30.0. The van der Waals surface area contributed by atoms with Crippen LogP contribution in [-0.2, 0) is 79.2 Å². The number of azo groups is 2. The van der Waals surface area contributed by atoms with Gasteiger partial charge in [-0.05, 0) is 60.0 Å². The van der Waals surface area contributed by atoms with Gasteiger partial charge in [-0.3, -0.25) is 22.8 Å². The van der Waals surface area contributed by atoms with Gasteiger partial charge in [0.25, 0.3) is 30.4 Å². The van der Waals surface area contributed by atoms with Crippen LogP contribution < -0.4 is 5.73 Å². The van der Waals surface area contributed by atoms with E-state index in [9.17, 15) is 77.7 Å². The second-order valence-corrected chi connectivity index (χ2v) is 22.0. The van der Waals surface area contributed by atoms with E-state index in [2.05, 4.69) is 28.8 Å². The summed E-state index contributed by atoms with van der Waals surface area (Å²) in [6, 6.07) is 6.50. The van der Waals surface area contributed by atoms with Crippen molar-refractivity contribution in [3.8, 4) is 5.75 Å². The van der Waals surface area contributed by atoms with Gasteiger partial charge in [-0.1, -0.05) is 0 Å². The molecule has 0 amide bonds. The molecule has 1 radical (unpaired) electrons. The van der Waals surface area contributed by atoms with Gasteiger partial charge in [-0.2, -0.15) is 47.2 Å². The molecule has 329 valence electrons. The largest absolute Gasteiger partial charge is 0.505 e. The van der Waals surface area contributed by atoms with Gasteiger partial charge in [0.15, 0.2) is 25.4 Å². The van der Waals surface area contributed by atoms with Crippen LogP contribution in [0.5, 0.6) is 5.75 Å². The minimum atomic E-state index is -5.49. The number of hydrogen-bond acceptors (Lipinski definition) is 22. The monoisotopic (exact) mass is 1010 g/mol. The minimum absolute atomic E-state index is 0. The van der Waals surface area contributed by atoms with Crippen molar-refractivity contribution in [2.45, 2.75) is 24.5 Å². The van der Waals surface area contributed by atoms with Crippen LogP contribution in [0.15, 0.2) is 99.5 Å². The minimum Gasteiger partial charge on any atom is -0.505 e. The third-order valence-corrected chi connectivity index (χ3v) is 14.2.